The molecule has 2 aliphatic heterocycles. The Kier molecular flexibility index (Phi) is 5.84. The largest absolute Gasteiger partial charge is 0.282 e. The van der Waals surface area contributed by atoms with Crippen LogP contribution in [0.2, 0.25) is 0 Å². The van der Waals surface area contributed by atoms with Gasteiger partial charge in [-0.3, -0.25) is 0 Å². The number of rotatable bonds is 4. The molecule has 7 heteroatoms. The van der Waals surface area contributed by atoms with Crippen molar-refractivity contribution >= 4 is 33.6 Å². The molecule has 0 amide bonds. The van der Waals surface area contributed by atoms with Crippen LogP contribution in [0.25, 0.3) is 0 Å². The minimum Gasteiger partial charge on any atom is -0.195 e. The van der Waals surface area contributed by atoms with Crippen LogP contribution in [0.5, 0.6) is 0 Å². The smallest absolute Gasteiger partial charge is 0.195 e. The molecule has 0 aliphatic carbocycles. The highest BCUT2D eigenvalue weighted by Crippen LogP contribution is 2.28. The van der Waals surface area contributed by atoms with Crippen molar-refractivity contribution in [1.82, 2.24) is 8.61 Å². The lowest BCUT2D eigenvalue weighted by Crippen LogP contribution is -2.54. The summed E-state index contributed by atoms with van der Waals surface area (Å²) < 4.78 is 28.8. The second kappa shape index (κ2) is 6.98. The zero-order valence-corrected chi connectivity index (χ0v) is 13.8. The number of nitrogens with zero attached hydrogens (tertiary/aromatic N) is 2. The van der Waals surface area contributed by atoms with Gasteiger partial charge in [-0.15, -0.1) is 11.6 Å². The SMILES string of the molecule is CCC1CN(S(=O)(=O)N2CCCCC2CCl)CCS1. The van der Waals surface area contributed by atoms with E-state index >= 15 is 0 Å². The Morgan fingerprint density at radius 2 is 2.11 bits per heavy atom. The van der Waals surface area contributed by atoms with Crippen LogP contribution in [0, 0.1) is 0 Å². The average Bonchev–Trinajstić information content (AvgIpc) is 2.47. The maximum Gasteiger partial charge on any atom is 0.282 e. The molecule has 2 fully saturated rings. The molecule has 0 spiro atoms. The fourth-order valence-corrected chi connectivity index (χ4v) is 6.43. The third kappa shape index (κ3) is 3.59. The van der Waals surface area contributed by atoms with E-state index in [0.29, 0.717) is 30.8 Å². The molecular formula is C12H23ClN2O2S2. The molecule has 0 aromatic heterocycles. The standard InChI is InChI=1S/C12H23ClN2O2S2/c1-2-12-10-14(7-8-18-12)19(16,17)15-6-4-3-5-11(15)9-13/h11-12H,2-10H2,1H3. The lowest BCUT2D eigenvalue weighted by molar-refractivity contribution is 0.247. The number of alkyl halides is 1. The van der Waals surface area contributed by atoms with Crippen LogP contribution >= 0.6 is 23.4 Å². The van der Waals surface area contributed by atoms with Gasteiger partial charge in [0.2, 0.25) is 0 Å². The topological polar surface area (TPSA) is 40.6 Å². The number of halogens is 1. The van der Waals surface area contributed by atoms with E-state index in [9.17, 15) is 8.42 Å². The van der Waals surface area contributed by atoms with Crippen molar-refractivity contribution in [1.29, 1.82) is 0 Å². The van der Waals surface area contributed by atoms with Crippen LogP contribution in [-0.2, 0) is 10.2 Å². The van der Waals surface area contributed by atoms with Crippen LogP contribution in [0.3, 0.4) is 0 Å². The van der Waals surface area contributed by atoms with Gasteiger partial charge in [-0.05, 0) is 19.3 Å². The molecule has 2 unspecified atom stereocenters. The zero-order valence-electron chi connectivity index (χ0n) is 11.4. The van der Waals surface area contributed by atoms with Crippen molar-refractivity contribution in [3.63, 3.8) is 0 Å². The molecule has 0 saturated carbocycles. The fourth-order valence-electron chi connectivity index (χ4n) is 2.73. The van der Waals surface area contributed by atoms with Crippen molar-refractivity contribution in [2.24, 2.45) is 0 Å². The van der Waals surface area contributed by atoms with Crippen LogP contribution in [0.4, 0.5) is 0 Å². The molecule has 0 aromatic rings. The summed E-state index contributed by atoms with van der Waals surface area (Å²) in [6, 6.07) is -0.0185. The molecule has 0 radical (unpaired) electrons. The predicted octanol–water partition coefficient (Wildman–Crippen LogP) is 2.15. The first-order valence-electron chi connectivity index (χ1n) is 7.04. The molecule has 112 valence electrons. The van der Waals surface area contributed by atoms with Gasteiger partial charge in [0.25, 0.3) is 10.2 Å². The summed E-state index contributed by atoms with van der Waals surface area (Å²) in [7, 11) is -3.32. The van der Waals surface area contributed by atoms with Crippen molar-refractivity contribution < 1.29 is 8.42 Å². The highest BCUT2D eigenvalue weighted by Gasteiger charge is 2.38. The van der Waals surface area contributed by atoms with Gasteiger partial charge in [0.15, 0.2) is 0 Å². The normalized spacial score (nSPS) is 31.5. The van der Waals surface area contributed by atoms with Crippen LogP contribution in [0.1, 0.15) is 32.6 Å². The summed E-state index contributed by atoms with van der Waals surface area (Å²) in [5.41, 5.74) is 0. The Balaban J connectivity index is 2.11. The van der Waals surface area contributed by atoms with E-state index in [2.05, 4.69) is 6.92 Å². The Labute approximate surface area is 126 Å². The summed E-state index contributed by atoms with van der Waals surface area (Å²) in [6.07, 6.45) is 3.95. The highest BCUT2D eigenvalue weighted by molar-refractivity contribution is 8.00. The van der Waals surface area contributed by atoms with Gasteiger partial charge >= 0.3 is 0 Å². The molecule has 0 N–H and O–H groups in total. The number of hydrogen-bond donors (Lipinski definition) is 0. The fraction of sp³-hybridized carbons (Fsp3) is 1.00. The Morgan fingerprint density at radius 1 is 1.32 bits per heavy atom. The Bertz CT molecular complexity index is 391. The van der Waals surface area contributed by atoms with Crippen molar-refractivity contribution in [2.45, 2.75) is 43.9 Å². The maximum atomic E-state index is 12.8. The van der Waals surface area contributed by atoms with Gasteiger partial charge in [0.1, 0.15) is 0 Å². The minimum atomic E-state index is -3.32. The molecule has 2 heterocycles. The number of thioether (sulfide) groups is 1. The maximum absolute atomic E-state index is 12.8. The van der Waals surface area contributed by atoms with Crippen molar-refractivity contribution in [3.05, 3.63) is 0 Å². The molecule has 19 heavy (non-hydrogen) atoms. The van der Waals surface area contributed by atoms with Gasteiger partial charge in [-0.2, -0.15) is 28.8 Å². The first kappa shape index (κ1) is 15.9. The Hall–Kier alpha value is 0.510. The molecule has 4 nitrogen and oxygen atoms in total. The van der Waals surface area contributed by atoms with Gasteiger partial charge < -0.3 is 0 Å². The quantitative estimate of drug-likeness (QED) is 0.743. The third-order valence-electron chi connectivity index (χ3n) is 3.93. The summed E-state index contributed by atoms with van der Waals surface area (Å²) in [5.74, 6) is 1.30. The summed E-state index contributed by atoms with van der Waals surface area (Å²) in [5, 5.41) is 0.433. The number of hydrogen-bond acceptors (Lipinski definition) is 3. The van der Waals surface area contributed by atoms with E-state index in [1.807, 2.05) is 11.8 Å². The number of piperidine rings is 1. The summed E-state index contributed by atoms with van der Waals surface area (Å²) in [6.45, 7) is 4.03. The van der Waals surface area contributed by atoms with E-state index in [4.69, 9.17) is 11.6 Å². The molecule has 2 rings (SSSR count). The van der Waals surface area contributed by atoms with Gasteiger partial charge in [0.05, 0.1) is 0 Å². The highest BCUT2D eigenvalue weighted by atomic mass is 35.5. The summed E-state index contributed by atoms with van der Waals surface area (Å²) >= 11 is 7.83. The molecule has 2 atom stereocenters. The monoisotopic (exact) mass is 326 g/mol. The Morgan fingerprint density at radius 3 is 2.79 bits per heavy atom. The second-order valence-electron chi connectivity index (χ2n) is 5.18. The molecule has 2 aliphatic rings. The molecule has 0 aromatic carbocycles. The molecule has 2 saturated heterocycles. The minimum absolute atomic E-state index is 0.0185. The second-order valence-corrected chi connectivity index (χ2v) is 8.78. The van der Waals surface area contributed by atoms with E-state index in [0.717, 1.165) is 31.4 Å². The lowest BCUT2D eigenvalue weighted by Gasteiger charge is -2.39. The van der Waals surface area contributed by atoms with Crippen molar-refractivity contribution in [3.8, 4) is 0 Å². The van der Waals surface area contributed by atoms with Crippen molar-refractivity contribution in [2.75, 3.05) is 31.3 Å². The van der Waals surface area contributed by atoms with Crippen LogP contribution in [-0.4, -0.2) is 59.6 Å². The van der Waals surface area contributed by atoms with E-state index in [-0.39, 0.29) is 6.04 Å². The first-order valence-corrected chi connectivity index (χ1v) is 10.0. The first-order chi connectivity index (χ1) is 9.09. The van der Waals surface area contributed by atoms with E-state index < -0.39 is 10.2 Å². The van der Waals surface area contributed by atoms with Crippen LogP contribution in [0.15, 0.2) is 0 Å². The predicted molar refractivity (Wildman–Crippen MR) is 82.1 cm³/mol. The van der Waals surface area contributed by atoms with Gasteiger partial charge in [-0.1, -0.05) is 13.3 Å². The van der Waals surface area contributed by atoms with E-state index in [1.165, 1.54) is 0 Å². The third-order valence-corrected chi connectivity index (χ3v) is 7.72. The van der Waals surface area contributed by atoms with Crippen LogP contribution < -0.4 is 0 Å². The average molecular weight is 327 g/mol. The van der Waals surface area contributed by atoms with Gasteiger partial charge in [0, 0.05) is 42.6 Å². The van der Waals surface area contributed by atoms with E-state index in [1.54, 1.807) is 8.61 Å². The lowest BCUT2D eigenvalue weighted by atomic mass is 10.1. The molecule has 0 bridgehead atoms. The summed E-state index contributed by atoms with van der Waals surface area (Å²) in [4.78, 5) is 0. The zero-order chi connectivity index (χ0) is 13.9. The molecular weight excluding hydrogens is 304 g/mol. The van der Waals surface area contributed by atoms with Gasteiger partial charge in [-0.25, -0.2) is 0 Å².